The van der Waals surface area contributed by atoms with Crippen LogP contribution >= 0.6 is 0 Å². The van der Waals surface area contributed by atoms with Crippen molar-refractivity contribution in [1.29, 1.82) is 5.26 Å². The summed E-state index contributed by atoms with van der Waals surface area (Å²) >= 11 is 0. The Hall–Kier alpha value is -1.50. The van der Waals surface area contributed by atoms with Gasteiger partial charge in [-0.2, -0.15) is 5.26 Å². The molecule has 0 unspecified atom stereocenters. The number of ether oxygens (including phenoxy) is 1. The van der Waals surface area contributed by atoms with Crippen molar-refractivity contribution >= 4 is 6.09 Å². The first-order chi connectivity index (χ1) is 5.20. The average Bonchev–Trinajstić information content (AvgIpc) is 1.87. The van der Waals surface area contributed by atoms with Crippen molar-refractivity contribution in [2.45, 2.75) is 13.8 Å². The Morgan fingerprint density at radius 2 is 2.45 bits per heavy atom. The largest absolute Gasteiger partial charge is 0.450 e. The Bertz CT molecular complexity index is 203. The molecule has 0 bridgehead atoms. The summed E-state index contributed by atoms with van der Waals surface area (Å²) in [6.07, 6.45) is 0.702. The molecule has 0 saturated heterocycles. The molecule has 0 saturated carbocycles. The zero-order chi connectivity index (χ0) is 8.69. The monoisotopic (exact) mass is 154 g/mol. The van der Waals surface area contributed by atoms with Crippen LogP contribution in [-0.2, 0) is 4.74 Å². The van der Waals surface area contributed by atoms with Crippen LogP contribution in [0.3, 0.4) is 0 Å². The molecule has 0 aromatic rings. The van der Waals surface area contributed by atoms with E-state index in [1.807, 2.05) is 0 Å². The van der Waals surface area contributed by atoms with Crippen LogP contribution in [0.1, 0.15) is 13.8 Å². The quantitative estimate of drug-likeness (QED) is 0.607. The fraction of sp³-hybridized carbons (Fsp3) is 0.429. The molecule has 0 radical (unpaired) electrons. The topological polar surface area (TPSA) is 62.1 Å². The van der Waals surface area contributed by atoms with Crippen molar-refractivity contribution in [3.8, 4) is 6.07 Å². The number of carbonyl (C=O) groups excluding carboxylic acids is 1. The Balaban J connectivity index is 3.77. The molecule has 0 heterocycles. The zero-order valence-electron chi connectivity index (χ0n) is 6.55. The molecular formula is C7H10N2O2. The highest BCUT2D eigenvalue weighted by Gasteiger charge is 1.98. The van der Waals surface area contributed by atoms with E-state index < -0.39 is 6.09 Å². The Morgan fingerprint density at radius 1 is 1.82 bits per heavy atom. The summed E-state index contributed by atoms with van der Waals surface area (Å²) in [7, 11) is 0. The number of hydrogen-bond acceptors (Lipinski definition) is 3. The van der Waals surface area contributed by atoms with Crippen molar-refractivity contribution in [3.05, 3.63) is 11.8 Å². The Kier molecular flexibility index (Phi) is 4.58. The highest BCUT2D eigenvalue weighted by molar-refractivity contribution is 5.69. The molecule has 0 rings (SSSR count). The molecule has 4 nitrogen and oxygen atoms in total. The molecule has 0 aromatic heterocycles. The third-order valence-electron chi connectivity index (χ3n) is 0.856. The van der Waals surface area contributed by atoms with Crippen molar-refractivity contribution in [1.82, 2.24) is 5.32 Å². The number of amides is 1. The number of rotatable bonds is 2. The second kappa shape index (κ2) is 5.30. The molecule has 0 aliphatic rings. The van der Waals surface area contributed by atoms with E-state index in [-0.39, 0.29) is 0 Å². The van der Waals surface area contributed by atoms with Crippen LogP contribution in [0, 0.1) is 11.3 Å². The smallest absolute Gasteiger partial charge is 0.411 e. The maximum absolute atomic E-state index is 10.6. The van der Waals surface area contributed by atoms with Crippen LogP contribution < -0.4 is 5.32 Å². The van der Waals surface area contributed by atoms with Gasteiger partial charge in [-0.3, -0.25) is 5.32 Å². The van der Waals surface area contributed by atoms with E-state index in [1.54, 1.807) is 19.9 Å². The summed E-state index contributed by atoms with van der Waals surface area (Å²) in [5, 5.41) is 10.5. The van der Waals surface area contributed by atoms with Gasteiger partial charge in [0.1, 0.15) is 0 Å². The Labute approximate surface area is 65.5 Å². The standard InChI is InChI=1S/C7H10N2O2/c1-3-11-7(10)9-6(2)4-5-8/h4H,3H2,1-2H3,(H,9,10)/b6-4+. The molecule has 1 N–H and O–H groups in total. The van der Waals surface area contributed by atoms with Gasteiger partial charge in [0, 0.05) is 11.8 Å². The van der Waals surface area contributed by atoms with E-state index in [2.05, 4.69) is 10.1 Å². The van der Waals surface area contributed by atoms with Gasteiger partial charge in [-0.05, 0) is 13.8 Å². The summed E-state index contributed by atoms with van der Waals surface area (Å²) in [5.41, 5.74) is 0.478. The molecule has 11 heavy (non-hydrogen) atoms. The minimum Gasteiger partial charge on any atom is -0.450 e. The van der Waals surface area contributed by atoms with Gasteiger partial charge in [0.15, 0.2) is 0 Å². The normalized spacial score (nSPS) is 10.1. The van der Waals surface area contributed by atoms with E-state index in [0.29, 0.717) is 12.3 Å². The summed E-state index contributed by atoms with van der Waals surface area (Å²) in [4.78, 5) is 10.6. The molecule has 0 spiro atoms. The minimum atomic E-state index is -0.531. The van der Waals surface area contributed by atoms with Crippen LogP contribution in [0.15, 0.2) is 11.8 Å². The first-order valence-electron chi connectivity index (χ1n) is 3.20. The second-order valence-corrected chi connectivity index (χ2v) is 1.80. The van der Waals surface area contributed by atoms with Crippen LogP contribution in [0.2, 0.25) is 0 Å². The molecule has 1 amide bonds. The maximum Gasteiger partial charge on any atom is 0.411 e. The zero-order valence-corrected chi connectivity index (χ0v) is 6.55. The predicted octanol–water partition coefficient (Wildman–Crippen LogP) is 1.16. The minimum absolute atomic E-state index is 0.325. The van der Waals surface area contributed by atoms with E-state index in [9.17, 15) is 4.79 Å². The van der Waals surface area contributed by atoms with Gasteiger partial charge in [-0.25, -0.2) is 4.79 Å². The first-order valence-corrected chi connectivity index (χ1v) is 3.20. The third-order valence-corrected chi connectivity index (χ3v) is 0.856. The molecule has 4 heteroatoms. The van der Waals surface area contributed by atoms with E-state index >= 15 is 0 Å². The lowest BCUT2D eigenvalue weighted by Crippen LogP contribution is -2.22. The number of nitrogens with one attached hydrogen (secondary N) is 1. The molecule has 0 atom stereocenters. The lowest BCUT2D eigenvalue weighted by molar-refractivity contribution is 0.155. The van der Waals surface area contributed by atoms with Crippen LogP contribution in [-0.4, -0.2) is 12.7 Å². The van der Waals surface area contributed by atoms with Crippen molar-refractivity contribution < 1.29 is 9.53 Å². The number of nitrogens with zero attached hydrogens (tertiary/aromatic N) is 1. The summed E-state index contributed by atoms with van der Waals surface area (Å²) in [6, 6.07) is 1.78. The number of hydrogen-bond donors (Lipinski definition) is 1. The highest BCUT2D eigenvalue weighted by Crippen LogP contribution is 1.86. The number of alkyl carbamates (subject to hydrolysis) is 1. The van der Waals surface area contributed by atoms with Gasteiger partial charge in [0.25, 0.3) is 0 Å². The van der Waals surface area contributed by atoms with Gasteiger partial charge in [-0.15, -0.1) is 0 Å². The number of nitriles is 1. The van der Waals surface area contributed by atoms with Crippen molar-refractivity contribution in [2.75, 3.05) is 6.61 Å². The van der Waals surface area contributed by atoms with Gasteiger partial charge in [0.2, 0.25) is 0 Å². The second-order valence-electron chi connectivity index (χ2n) is 1.80. The van der Waals surface area contributed by atoms with E-state index in [4.69, 9.17) is 5.26 Å². The number of carbonyl (C=O) groups is 1. The van der Waals surface area contributed by atoms with Gasteiger partial charge >= 0.3 is 6.09 Å². The van der Waals surface area contributed by atoms with Gasteiger partial charge in [0.05, 0.1) is 12.7 Å². The lowest BCUT2D eigenvalue weighted by atomic mass is 10.4. The highest BCUT2D eigenvalue weighted by atomic mass is 16.5. The summed E-state index contributed by atoms with van der Waals surface area (Å²) in [5.74, 6) is 0. The van der Waals surface area contributed by atoms with Crippen molar-refractivity contribution in [3.63, 3.8) is 0 Å². The van der Waals surface area contributed by atoms with Crippen LogP contribution in [0.5, 0.6) is 0 Å². The molecule has 0 fully saturated rings. The molecule has 0 aliphatic carbocycles. The summed E-state index contributed by atoms with van der Waals surface area (Å²) < 4.78 is 4.56. The van der Waals surface area contributed by atoms with E-state index in [1.165, 1.54) is 6.08 Å². The lowest BCUT2D eigenvalue weighted by Gasteiger charge is -2.02. The molecule has 0 aromatic carbocycles. The average molecular weight is 154 g/mol. The maximum atomic E-state index is 10.6. The molecular weight excluding hydrogens is 144 g/mol. The van der Waals surface area contributed by atoms with Crippen molar-refractivity contribution in [2.24, 2.45) is 0 Å². The van der Waals surface area contributed by atoms with Gasteiger partial charge in [-0.1, -0.05) is 0 Å². The van der Waals surface area contributed by atoms with E-state index in [0.717, 1.165) is 0 Å². The molecule has 0 aliphatic heterocycles. The SMILES string of the molecule is CCOC(=O)N/C(C)=C/C#N. The van der Waals surface area contributed by atoms with Crippen LogP contribution in [0.4, 0.5) is 4.79 Å². The molecule has 60 valence electrons. The predicted molar refractivity (Wildman–Crippen MR) is 39.5 cm³/mol. The Morgan fingerprint density at radius 3 is 2.91 bits per heavy atom. The fourth-order valence-electron chi connectivity index (χ4n) is 0.461. The third kappa shape index (κ3) is 4.97. The number of allylic oxidation sites excluding steroid dienone is 2. The fourth-order valence-corrected chi connectivity index (χ4v) is 0.461. The van der Waals surface area contributed by atoms with Gasteiger partial charge < -0.3 is 4.74 Å². The first kappa shape index (κ1) is 9.50. The summed E-state index contributed by atoms with van der Waals surface area (Å²) in [6.45, 7) is 3.65. The van der Waals surface area contributed by atoms with Crippen LogP contribution in [0.25, 0.3) is 0 Å².